The van der Waals surface area contributed by atoms with E-state index in [0.717, 1.165) is 27.6 Å². The molecule has 6 rings (SSSR count). The lowest BCUT2D eigenvalue weighted by molar-refractivity contribution is -0.142. The second kappa shape index (κ2) is 13.2. The van der Waals surface area contributed by atoms with Crippen LogP contribution in [-0.2, 0) is 19.8 Å². The summed E-state index contributed by atoms with van der Waals surface area (Å²) in [6.45, 7) is 0.572. The number of methoxy groups -OCH3 is 2. The molecule has 0 saturated carbocycles. The van der Waals surface area contributed by atoms with Gasteiger partial charge in [-0.1, -0.05) is 54.1 Å². The maximum atomic E-state index is 14.0. The van der Waals surface area contributed by atoms with Gasteiger partial charge in [-0.15, -0.1) is 15.0 Å². The Morgan fingerprint density at radius 2 is 1.98 bits per heavy atom. The lowest BCUT2D eigenvalue weighted by Crippen LogP contribution is -2.53. The fraction of sp³-hybridized carbons (Fsp3) is 0.250. The van der Waals surface area contributed by atoms with Crippen LogP contribution >= 0.6 is 11.6 Å². The number of nitrogens with zero attached hydrogens (tertiary/aromatic N) is 5. The van der Waals surface area contributed by atoms with Gasteiger partial charge in [0.05, 0.1) is 30.0 Å². The summed E-state index contributed by atoms with van der Waals surface area (Å²) in [5.74, 6) is -2.21. The van der Waals surface area contributed by atoms with Gasteiger partial charge in [0.1, 0.15) is 11.8 Å². The number of fused-ring (bicyclic) bond motifs is 3. The van der Waals surface area contributed by atoms with Crippen molar-refractivity contribution < 1.29 is 28.2 Å². The molecule has 236 valence electrons. The van der Waals surface area contributed by atoms with E-state index in [1.54, 1.807) is 31.4 Å². The number of hydrogen-bond donors (Lipinski definition) is 2. The van der Waals surface area contributed by atoms with Gasteiger partial charge >= 0.3 is 5.97 Å². The highest BCUT2D eigenvalue weighted by atomic mass is 35.5. The molecule has 0 aliphatic heterocycles. The zero-order chi connectivity index (χ0) is 32.3. The molecule has 2 N–H and O–H groups in total. The predicted octanol–water partition coefficient (Wildman–Crippen LogP) is 4.03. The largest absolute Gasteiger partial charge is 0.467 e. The Morgan fingerprint density at radius 1 is 1.17 bits per heavy atom. The Balaban J connectivity index is 1.15. The number of ether oxygens (including phenoxy) is 3. The Bertz CT molecular complexity index is 1830. The van der Waals surface area contributed by atoms with E-state index in [1.807, 2.05) is 18.2 Å². The van der Waals surface area contributed by atoms with Crippen molar-refractivity contribution in [2.45, 2.75) is 23.9 Å². The molecule has 1 amide bonds. The third-order valence-corrected chi connectivity index (χ3v) is 8.11. The molecule has 2 aromatic carbocycles. The van der Waals surface area contributed by atoms with Gasteiger partial charge in [0.2, 0.25) is 0 Å². The minimum atomic E-state index is -1.06. The highest BCUT2D eigenvalue weighted by Gasteiger charge is 2.48. The zero-order valence-electron chi connectivity index (χ0n) is 24.8. The smallest absolute Gasteiger partial charge is 0.329 e. The lowest BCUT2D eigenvalue weighted by Gasteiger charge is -2.36. The predicted molar refractivity (Wildman–Crippen MR) is 164 cm³/mol. The molecular weight excluding hydrogens is 617 g/mol. The zero-order valence-corrected chi connectivity index (χ0v) is 25.6. The first-order valence-corrected chi connectivity index (χ1v) is 14.7. The summed E-state index contributed by atoms with van der Waals surface area (Å²) < 4.78 is 30.1. The molecule has 0 fully saturated rings. The molecule has 0 spiro atoms. The fourth-order valence-corrected chi connectivity index (χ4v) is 5.96. The van der Waals surface area contributed by atoms with Crippen molar-refractivity contribution >= 4 is 23.5 Å². The number of nitrogens with one attached hydrogen (secondary N) is 2. The molecule has 0 bridgehead atoms. The minimum Gasteiger partial charge on any atom is -0.467 e. The molecule has 0 radical (unpaired) electrons. The molecule has 46 heavy (non-hydrogen) atoms. The van der Waals surface area contributed by atoms with Crippen LogP contribution in [0.2, 0.25) is 5.02 Å². The van der Waals surface area contributed by atoms with Crippen molar-refractivity contribution in [2.75, 3.05) is 27.4 Å². The van der Waals surface area contributed by atoms with Gasteiger partial charge in [-0.05, 0) is 58.7 Å². The number of amides is 1. The van der Waals surface area contributed by atoms with Gasteiger partial charge < -0.3 is 24.8 Å². The Hall–Kier alpha value is -4.98. The molecule has 2 aromatic heterocycles. The number of benzene rings is 2. The molecule has 2 aliphatic carbocycles. The topological polar surface area (TPSA) is 142 Å². The van der Waals surface area contributed by atoms with Crippen molar-refractivity contribution in [1.29, 1.82) is 0 Å². The molecule has 4 aromatic rings. The van der Waals surface area contributed by atoms with Crippen LogP contribution in [0.1, 0.15) is 34.1 Å². The standard InChI is InChI=1S/C32H29ClFN7O5/c1-44-18-23-22-7-3-4-8-24(22)32(14-6-5-9-25(23)32)36-17-27(31(43)45-2)37-29(42)28-38-40-41(39-28)20-10-12-21(13-11-20)46-30-26(34)15-19(33)16-35-30/h3-13,15-16,23,27,36H,14,17-18H2,1-2H3,(H,37,42). The number of rotatable bonds is 11. The van der Waals surface area contributed by atoms with Crippen LogP contribution < -0.4 is 15.4 Å². The van der Waals surface area contributed by atoms with Crippen molar-refractivity contribution in [3.63, 3.8) is 0 Å². The maximum Gasteiger partial charge on any atom is 0.329 e. The number of esters is 1. The molecule has 0 saturated heterocycles. The number of hydrogen-bond acceptors (Lipinski definition) is 10. The van der Waals surface area contributed by atoms with Crippen molar-refractivity contribution in [3.05, 3.63) is 112 Å². The van der Waals surface area contributed by atoms with Crippen LogP contribution in [0, 0.1) is 5.82 Å². The summed E-state index contributed by atoms with van der Waals surface area (Å²) in [7, 11) is 2.93. The monoisotopic (exact) mass is 645 g/mol. The van der Waals surface area contributed by atoms with Crippen LogP contribution in [0.4, 0.5) is 4.39 Å². The van der Waals surface area contributed by atoms with E-state index in [4.69, 9.17) is 25.8 Å². The van der Waals surface area contributed by atoms with E-state index in [9.17, 15) is 14.0 Å². The van der Waals surface area contributed by atoms with E-state index in [1.165, 1.54) is 13.3 Å². The van der Waals surface area contributed by atoms with Crippen molar-refractivity contribution in [2.24, 2.45) is 0 Å². The van der Waals surface area contributed by atoms with Crippen LogP contribution in [0.15, 0.2) is 84.6 Å². The molecule has 3 atom stereocenters. The van der Waals surface area contributed by atoms with Crippen LogP contribution in [-0.4, -0.2) is 70.5 Å². The molecule has 2 heterocycles. The molecule has 12 nitrogen and oxygen atoms in total. The first-order chi connectivity index (χ1) is 22.3. The second-order valence-corrected chi connectivity index (χ2v) is 11.1. The number of halogens is 2. The minimum absolute atomic E-state index is 0.0416. The molecular formula is C32H29ClFN7O5. The normalized spacial score (nSPS) is 18.7. The number of tetrazole rings is 1. The Kier molecular flexibility index (Phi) is 8.88. The molecule has 3 unspecified atom stereocenters. The van der Waals surface area contributed by atoms with Crippen molar-refractivity contribution in [1.82, 2.24) is 35.8 Å². The fourth-order valence-electron chi connectivity index (χ4n) is 5.81. The number of pyridine rings is 1. The van der Waals surface area contributed by atoms with E-state index in [-0.39, 0.29) is 29.2 Å². The first kappa shape index (κ1) is 31.0. The van der Waals surface area contributed by atoms with E-state index >= 15 is 0 Å². The van der Waals surface area contributed by atoms with Gasteiger partial charge in [-0.2, -0.15) is 0 Å². The summed E-state index contributed by atoms with van der Waals surface area (Å²) in [5.41, 5.74) is 3.24. The number of aromatic nitrogens is 5. The summed E-state index contributed by atoms with van der Waals surface area (Å²) in [4.78, 5) is 31.0. The van der Waals surface area contributed by atoms with E-state index in [0.29, 0.717) is 24.5 Å². The van der Waals surface area contributed by atoms with Gasteiger partial charge in [0.25, 0.3) is 17.6 Å². The Morgan fingerprint density at radius 3 is 2.74 bits per heavy atom. The van der Waals surface area contributed by atoms with Crippen LogP contribution in [0.3, 0.4) is 0 Å². The average Bonchev–Trinajstić information content (AvgIpc) is 3.67. The summed E-state index contributed by atoms with van der Waals surface area (Å²) >= 11 is 5.74. The highest BCUT2D eigenvalue weighted by Crippen LogP contribution is 2.52. The van der Waals surface area contributed by atoms with E-state index in [2.05, 4.69) is 55.3 Å². The van der Waals surface area contributed by atoms with Gasteiger partial charge in [-0.3, -0.25) is 4.79 Å². The third-order valence-electron chi connectivity index (χ3n) is 7.91. The summed E-state index contributed by atoms with van der Waals surface area (Å²) in [6, 6.07) is 14.5. The summed E-state index contributed by atoms with van der Waals surface area (Å²) in [5, 5.41) is 18.4. The van der Waals surface area contributed by atoms with Gasteiger partial charge in [-0.25, -0.2) is 14.2 Å². The SMILES string of the molecule is COCC1C2=CC=CCC2(NCC(NC(=O)c2nnn(-c3ccc(Oc4ncc(Cl)cc4F)cc3)n2)C(=O)OC)c2ccccc21. The highest BCUT2D eigenvalue weighted by molar-refractivity contribution is 6.30. The molecule has 2 aliphatic rings. The van der Waals surface area contributed by atoms with Crippen molar-refractivity contribution in [3.8, 4) is 17.3 Å². The number of allylic oxidation sites excluding steroid dienone is 2. The van der Waals surface area contributed by atoms with Gasteiger partial charge in [0.15, 0.2) is 5.82 Å². The Labute approximate surface area is 268 Å². The summed E-state index contributed by atoms with van der Waals surface area (Å²) in [6.07, 6.45) is 8.11. The lowest BCUT2D eigenvalue weighted by atomic mass is 9.80. The molecule has 14 heteroatoms. The van der Waals surface area contributed by atoms with Crippen LogP contribution in [0.5, 0.6) is 11.6 Å². The maximum absolute atomic E-state index is 14.0. The average molecular weight is 646 g/mol. The van der Waals surface area contributed by atoms with Gasteiger partial charge in [0, 0.05) is 25.8 Å². The second-order valence-electron chi connectivity index (χ2n) is 10.6. The van der Waals surface area contributed by atoms with E-state index < -0.39 is 29.3 Å². The number of carbonyl (C=O) groups is 2. The quantitative estimate of drug-likeness (QED) is 0.230. The first-order valence-electron chi connectivity index (χ1n) is 14.3. The number of carbonyl (C=O) groups excluding carboxylic acids is 2. The van der Waals surface area contributed by atoms with Crippen LogP contribution in [0.25, 0.3) is 5.69 Å². The third kappa shape index (κ3) is 5.99.